The number of amides is 1. The van der Waals surface area contributed by atoms with Gasteiger partial charge < -0.3 is 9.80 Å². The normalized spacial score (nSPS) is 20.1. The number of alkyl halides is 3. The summed E-state index contributed by atoms with van der Waals surface area (Å²) in [5.41, 5.74) is -1.34. The highest BCUT2D eigenvalue weighted by Gasteiger charge is 2.41. The van der Waals surface area contributed by atoms with Gasteiger partial charge in [0.25, 0.3) is 5.91 Å². The van der Waals surface area contributed by atoms with Crippen LogP contribution in [-0.2, 0) is 6.18 Å². The molecule has 1 amide bonds. The number of piperidine rings is 1. The van der Waals surface area contributed by atoms with Crippen LogP contribution in [0, 0.1) is 6.92 Å². The van der Waals surface area contributed by atoms with Gasteiger partial charge in [0, 0.05) is 24.8 Å². The van der Waals surface area contributed by atoms with E-state index in [9.17, 15) is 18.0 Å². The van der Waals surface area contributed by atoms with E-state index in [0.717, 1.165) is 12.8 Å². The zero-order valence-corrected chi connectivity index (χ0v) is 12.3. The first-order valence-corrected chi connectivity index (χ1v) is 6.79. The summed E-state index contributed by atoms with van der Waals surface area (Å²) in [5.74, 6) is -0.597. The second-order valence-corrected chi connectivity index (χ2v) is 5.58. The van der Waals surface area contributed by atoms with Crippen LogP contribution in [0.4, 0.5) is 13.2 Å². The fraction of sp³-hybridized carbons (Fsp3) is 0.692. The zero-order chi connectivity index (χ0) is 15.8. The lowest BCUT2D eigenvalue weighted by Crippen LogP contribution is -2.47. The van der Waals surface area contributed by atoms with Crippen molar-refractivity contribution in [3.8, 4) is 0 Å². The van der Waals surface area contributed by atoms with Gasteiger partial charge >= 0.3 is 6.18 Å². The Bertz CT molecular complexity index is 524. The number of nitrogens with zero attached hydrogens (tertiary/aromatic N) is 3. The molecule has 0 aromatic carbocycles. The highest BCUT2D eigenvalue weighted by Crippen LogP contribution is 2.32. The smallest absolute Gasteiger partial charge is 0.337 e. The summed E-state index contributed by atoms with van der Waals surface area (Å²) in [7, 11) is 3.81. The molecule has 1 aromatic rings. The predicted octanol–water partition coefficient (Wildman–Crippen LogP) is 1.90. The van der Waals surface area contributed by atoms with Gasteiger partial charge in [-0.1, -0.05) is 0 Å². The number of carbonyl (C=O) groups excluding carboxylic acids is 1. The molecule has 1 N–H and O–H groups in total. The van der Waals surface area contributed by atoms with Crippen molar-refractivity contribution in [1.82, 2.24) is 20.0 Å². The number of halogens is 3. The lowest BCUT2D eigenvalue weighted by Gasteiger charge is -2.36. The van der Waals surface area contributed by atoms with Crippen LogP contribution in [0.25, 0.3) is 0 Å². The minimum Gasteiger partial charge on any atom is -0.337 e. The topological polar surface area (TPSA) is 52.2 Å². The molecule has 118 valence electrons. The molecular weight excluding hydrogens is 285 g/mol. The third kappa shape index (κ3) is 3.20. The maximum absolute atomic E-state index is 12.9. The van der Waals surface area contributed by atoms with Gasteiger partial charge in [0.05, 0.1) is 5.56 Å². The molecule has 0 bridgehead atoms. The molecule has 2 heterocycles. The maximum atomic E-state index is 12.9. The largest absolute Gasteiger partial charge is 0.435 e. The first kappa shape index (κ1) is 15.8. The quantitative estimate of drug-likeness (QED) is 0.908. The number of likely N-dealkylation sites (tertiary alicyclic amines) is 1. The Morgan fingerprint density at radius 2 is 2.10 bits per heavy atom. The van der Waals surface area contributed by atoms with Crippen LogP contribution in [0.2, 0.25) is 0 Å². The van der Waals surface area contributed by atoms with Crippen molar-refractivity contribution in [2.75, 3.05) is 27.2 Å². The van der Waals surface area contributed by atoms with E-state index < -0.39 is 17.8 Å². The molecular formula is C13H19F3N4O. The average Bonchev–Trinajstić information content (AvgIpc) is 2.80. The van der Waals surface area contributed by atoms with E-state index in [1.165, 1.54) is 11.8 Å². The van der Waals surface area contributed by atoms with Crippen LogP contribution in [0.5, 0.6) is 0 Å². The number of hydrogen-bond donors (Lipinski definition) is 1. The number of likely N-dealkylation sites (N-methyl/N-ethyl adjacent to an activating group) is 1. The number of H-pyrrole nitrogens is 1. The Kier molecular flexibility index (Phi) is 4.27. The van der Waals surface area contributed by atoms with E-state index >= 15 is 0 Å². The molecule has 0 spiro atoms. The van der Waals surface area contributed by atoms with Gasteiger partial charge in [-0.05, 0) is 33.9 Å². The lowest BCUT2D eigenvalue weighted by molar-refractivity contribution is -0.141. The van der Waals surface area contributed by atoms with Crippen LogP contribution >= 0.6 is 0 Å². The zero-order valence-electron chi connectivity index (χ0n) is 12.3. The second kappa shape index (κ2) is 5.67. The second-order valence-electron chi connectivity index (χ2n) is 5.58. The van der Waals surface area contributed by atoms with E-state index in [-0.39, 0.29) is 17.3 Å². The van der Waals surface area contributed by atoms with E-state index in [1.54, 1.807) is 0 Å². The van der Waals surface area contributed by atoms with Gasteiger partial charge in [-0.25, -0.2) is 0 Å². The number of carbonyl (C=O) groups is 1. The number of nitrogens with one attached hydrogen (secondary N) is 1. The Labute approximate surface area is 121 Å². The molecule has 2 rings (SSSR count). The van der Waals surface area contributed by atoms with Gasteiger partial charge in [0.1, 0.15) is 0 Å². The number of aromatic amines is 1. The van der Waals surface area contributed by atoms with Crippen molar-refractivity contribution >= 4 is 5.91 Å². The molecule has 0 aliphatic carbocycles. The molecule has 5 nitrogen and oxygen atoms in total. The Hall–Kier alpha value is -1.57. The van der Waals surface area contributed by atoms with Crippen LogP contribution in [-0.4, -0.2) is 59.1 Å². The molecule has 0 radical (unpaired) electrons. The van der Waals surface area contributed by atoms with Crippen LogP contribution in [0.1, 0.15) is 34.6 Å². The van der Waals surface area contributed by atoms with Gasteiger partial charge in [-0.2, -0.15) is 18.3 Å². The molecule has 1 fully saturated rings. The summed E-state index contributed by atoms with van der Waals surface area (Å²) in [6.45, 7) is 2.35. The predicted molar refractivity (Wildman–Crippen MR) is 70.9 cm³/mol. The Morgan fingerprint density at radius 3 is 2.67 bits per heavy atom. The summed E-state index contributed by atoms with van der Waals surface area (Å²) in [4.78, 5) is 15.9. The van der Waals surface area contributed by atoms with Crippen LogP contribution in [0.15, 0.2) is 0 Å². The van der Waals surface area contributed by atoms with Crippen molar-refractivity contribution < 1.29 is 18.0 Å². The highest BCUT2D eigenvalue weighted by molar-refractivity contribution is 5.96. The molecule has 8 heteroatoms. The third-order valence-corrected chi connectivity index (χ3v) is 3.84. The highest BCUT2D eigenvalue weighted by atomic mass is 19.4. The minimum atomic E-state index is -4.63. The first-order valence-electron chi connectivity index (χ1n) is 6.79. The van der Waals surface area contributed by atoms with Crippen molar-refractivity contribution in [2.45, 2.75) is 32.0 Å². The van der Waals surface area contributed by atoms with Crippen molar-refractivity contribution in [3.05, 3.63) is 17.0 Å². The molecule has 1 saturated heterocycles. The van der Waals surface area contributed by atoms with Crippen LogP contribution < -0.4 is 0 Å². The number of hydrogen-bond acceptors (Lipinski definition) is 3. The summed E-state index contributed by atoms with van der Waals surface area (Å²) in [5, 5.41) is 5.52. The van der Waals surface area contributed by atoms with Gasteiger partial charge in [0.2, 0.25) is 0 Å². The van der Waals surface area contributed by atoms with Gasteiger partial charge in [-0.3, -0.25) is 9.89 Å². The average molecular weight is 304 g/mol. The SMILES string of the molecule is Cc1[nH]nc(C(F)(F)F)c1C(=O)N1CCCC(N(C)C)C1. The third-order valence-electron chi connectivity index (χ3n) is 3.84. The summed E-state index contributed by atoms with van der Waals surface area (Å²) in [6, 6.07) is 0.171. The summed E-state index contributed by atoms with van der Waals surface area (Å²) < 4.78 is 38.8. The maximum Gasteiger partial charge on any atom is 0.435 e. The number of rotatable bonds is 2. The standard InChI is InChI=1S/C13H19F3N4O/c1-8-10(11(18-17-8)13(14,15)16)12(21)20-6-4-5-9(7-20)19(2)3/h9H,4-7H2,1-3H3,(H,17,18). The summed E-state index contributed by atoms with van der Waals surface area (Å²) in [6.07, 6.45) is -2.91. The molecule has 1 unspecified atom stereocenters. The van der Waals surface area contributed by atoms with Gasteiger partial charge in [-0.15, -0.1) is 0 Å². The van der Waals surface area contributed by atoms with Crippen molar-refractivity contribution in [2.24, 2.45) is 0 Å². The molecule has 21 heavy (non-hydrogen) atoms. The van der Waals surface area contributed by atoms with E-state index in [0.29, 0.717) is 13.1 Å². The number of aromatic nitrogens is 2. The summed E-state index contributed by atoms with van der Waals surface area (Å²) >= 11 is 0. The number of aryl methyl sites for hydroxylation is 1. The molecule has 1 aliphatic rings. The Balaban J connectivity index is 2.26. The van der Waals surface area contributed by atoms with E-state index in [1.807, 2.05) is 19.0 Å². The fourth-order valence-electron chi connectivity index (χ4n) is 2.61. The molecule has 1 aromatic heterocycles. The Morgan fingerprint density at radius 1 is 1.43 bits per heavy atom. The van der Waals surface area contributed by atoms with Gasteiger partial charge in [0.15, 0.2) is 5.69 Å². The first-order chi connectivity index (χ1) is 9.71. The minimum absolute atomic E-state index is 0.152. The molecule has 0 saturated carbocycles. The lowest BCUT2D eigenvalue weighted by atomic mass is 10.0. The fourth-order valence-corrected chi connectivity index (χ4v) is 2.61. The monoisotopic (exact) mass is 304 g/mol. The molecule has 1 atom stereocenters. The van der Waals surface area contributed by atoms with E-state index in [4.69, 9.17) is 0 Å². The van der Waals surface area contributed by atoms with Crippen molar-refractivity contribution in [3.63, 3.8) is 0 Å². The molecule has 1 aliphatic heterocycles. The van der Waals surface area contributed by atoms with Crippen molar-refractivity contribution in [1.29, 1.82) is 0 Å². The van der Waals surface area contributed by atoms with Crippen LogP contribution in [0.3, 0.4) is 0 Å². The van der Waals surface area contributed by atoms with E-state index in [2.05, 4.69) is 10.2 Å².